The predicted molar refractivity (Wildman–Crippen MR) is 76.1 cm³/mol. The molecule has 0 radical (unpaired) electrons. The summed E-state index contributed by atoms with van der Waals surface area (Å²) in [7, 11) is 0. The number of hydrogen-bond acceptors (Lipinski definition) is 4. The van der Waals surface area contributed by atoms with Crippen LogP contribution in [0.2, 0.25) is 0 Å². The Kier molecular flexibility index (Phi) is 4.89. The molecule has 0 unspecified atom stereocenters. The van der Waals surface area contributed by atoms with E-state index in [1.807, 2.05) is 18.4 Å². The van der Waals surface area contributed by atoms with Gasteiger partial charge in [0.1, 0.15) is 18.0 Å². The molecule has 1 aromatic carbocycles. The highest BCUT2D eigenvalue weighted by atomic mass is 32.2. The molecule has 2 aromatic rings. The predicted octanol–water partition coefficient (Wildman–Crippen LogP) is 2.87. The third-order valence-corrected chi connectivity index (χ3v) is 3.59. The van der Waals surface area contributed by atoms with E-state index in [2.05, 4.69) is 15.5 Å². The lowest BCUT2D eigenvalue weighted by Crippen LogP contribution is -2.15. The molecule has 0 fully saturated rings. The van der Waals surface area contributed by atoms with Gasteiger partial charge in [-0.2, -0.15) is 0 Å². The molecule has 0 saturated heterocycles. The van der Waals surface area contributed by atoms with E-state index in [0.717, 1.165) is 12.1 Å². The highest BCUT2D eigenvalue weighted by Crippen LogP contribution is 2.20. The molecule has 0 aliphatic carbocycles. The van der Waals surface area contributed by atoms with Gasteiger partial charge < -0.3 is 9.88 Å². The lowest BCUT2D eigenvalue weighted by Gasteiger charge is -2.09. The Hall–Kier alpha value is -1.96. The van der Waals surface area contributed by atoms with Crippen molar-refractivity contribution in [1.29, 1.82) is 0 Å². The number of carbonyl (C=O) groups excluding carboxylic acids is 1. The summed E-state index contributed by atoms with van der Waals surface area (Å²) < 4.78 is 28.0. The molecule has 1 aromatic heterocycles. The SMILES string of the molecule is CC(C)n1cnnc1SCC(=O)Nc1ccc(F)cc1F. The van der Waals surface area contributed by atoms with Crippen molar-refractivity contribution in [2.75, 3.05) is 11.1 Å². The molecule has 1 N–H and O–H groups in total. The third kappa shape index (κ3) is 4.01. The first-order chi connectivity index (χ1) is 9.97. The van der Waals surface area contributed by atoms with E-state index in [1.165, 1.54) is 17.8 Å². The first kappa shape index (κ1) is 15.4. The average Bonchev–Trinajstić information content (AvgIpc) is 2.88. The van der Waals surface area contributed by atoms with E-state index in [4.69, 9.17) is 0 Å². The Bertz CT molecular complexity index is 645. The summed E-state index contributed by atoms with van der Waals surface area (Å²) in [5.74, 6) is -1.84. The van der Waals surface area contributed by atoms with Crippen LogP contribution >= 0.6 is 11.8 Å². The number of anilines is 1. The van der Waals surface area contributed by atoms with Crippen molar-refractivity contribution in [1.82, 2.24) is 14.8 Å². The zero-order chi connectivity index (χ0) is 15.4. The van der Waals surface area contributed by atoms with Crippen molar-refractivity contribution in [2.24, 2.45) is 0 Å². The monoisotopic (exact) mass is 312 g/mol. The minimum absolute atomic E-state index is 0.0488. The van der Waals surface area contributed by atoms with Gasteiger partial charge >= 0.3 is 0 Å². The number of nitrogens with one attached hydrogen (secondary N) is 1. The molecule has 0 spiro atoms. The number of aromatic nitrogens is 3. The van der Waals surface area contributed by atoms with Crippen molar-refractivity contribution >= 4 is 23.4 Å². The lowest BCUT2D eigenvalue weighted by molar-refractivity contribution is -0.113. The minimum atomic E-state index is -0.807. The van der Waals surface area contributed by atoms with Gasteiger partial charge in [0.05, 0.1) is 11.4 Å². The Labute approximate surface area is 124 Å². The van der Waals surface area contributed by atoms with Crippen LogP contribution in [0.5, 0.6) is 0 Å². The van der Waals surface area contributed by atoms with Gasteiger partial charge in [-0.1, -0.05) is 11.8 Å². The Morgan fingerprint density at radius 3 is 2.86 bits per heavy atom. The molecule has 0 bridgehead atoms. The van der Waals surface area contributed by atoms with E-state index in [0.29, 0.717) is 5.16 Å². The van der Waals surface area contributed by atoms with Crippen LogP contribution in [0.4, 0.5) is 14.5 Å². The van der Waals surface area contributed by atoms with Gasteiger partial charge in [-0.05, 0) is 26.0 Å². The van der Waals surface area contributed by atoms with Crippen LogP contribution in [0.1, 0.15) is 19.9 Å². The zero-order valence-electron chi connectivity index (χ0n) is 11.5. The number of rotatable bonds is 5. The molecule has 21 heavy (non-hydrogen) atoms. The Morgan fingerprint density at radius 2 is 2.19 bits per heavy atom. The number of thioether (sulfide) groups is 1. The molecular formula is C13H14F2N4OS. The molecule has 0 aliphatic heterocycles. The quantitative estimate of drug-likeness (QED) is 0.863. The van der Waals surface area contributed by atoms with E-state index >= 15 is 0 Å². The molecule has 0 atom stereocenters. The standard InChI is InChI=1S/C13H14F2N4OS/c1-8(2)19-7-16-18-13(19)21-6-12(20)17-11-4-3-9(14)5-10(11)15/h3-5,7-8H,6H2,1-2H3,(H,17,20). The van der Waals surface area contributed by atoms with Crippen LogP contribution in [-0.2, 0) is 4.79 Å². The number of hydrogen-bond donors (Lipinski definition) is 1. The lowest BCUT2D eigenvalue weighted by atomic mass is 10.3. The molecule has 1 heterocycles. The van der Waals surface area contributed by atoms with Crippen molar-refractivity contribution in [3.05, 3.63) is 36.2 Å². The second-order valence-corrected chi connectivity index (χ2v) is 5.52. The van der Waals surface area contributed by atoms with Crippen molar-refractivity contribution < 1.29 is 13.6 Å². The van der Waals surface area contributed by atoms with E-state index in [-0.39, 0.29) is 17.5 Å². The molecule has 5 nitrogen and oxygen atoms in total. The maximum Gasteiger partial charge on any atom is 0.234 e. The largest absolute Gasteiger partial charge is 0.323 e. The fourth-order valence-corrected chi connectivity index (χ4v) is 2.44. The molecule has 2 rings (SSSR count). The van der Waals surface area contributed by atoms with Gasteiger partial charge in [-0.25, -0.2) is 8.78 Å². The van der Waals surface area contributed by atoms with Crippen molar-refractivity contribution in [2.45, 2.75) is 25.0 Å². The summed E-state index contributed by atoms with van der Waals surface area (Å²) >= 11 is 1.20. The summed E-state index contributed by atoms with van der Waals surface area (Å²) in [6.45, 7) is 3.95. The Morgan fingerprint density at radius 1 is 1.43 bits per heavy atom. The number of nitrogens with zero attached hydrogens (tertiary/aromatic N) is 3. The van der Waals surface area contributed by atoms with Crippen LogP contribution < -0.4 is 5.32 Å². The molecule has 0 aliphatic rings. The second-order valence-electron chi connectivity index (χ2n) is 4.58. The smallest absolute Gasteiger partial charge is 0.234 e. The van der Waals surface area contributed by atoms with Crippen LogP contribution in [0.15, 0.2) is 29.7 Å². The van der Waals surface area contributed by atoms with Gasteiger partial charge in [0.2, 0.25) is 5.91 Å². The van der Waals surface area contributed by atoms with Crippen LogP contribution in [0.3, 0.4) is 0 Å². The third-order valence-electron chi connectivity index (χ3n) is 2.63. The summed E-state index contributed by atoms with van der Waals surface area (Å²) in [6, 6.07) is 3.17. The van der Waals surface area contributed by atoms with Crippen LogP contribution in [-0.4, -0.2) is 26.4 Å². The van der Waals surface area contributed by atoms with Crippen molar-refractivity contribution in [3.63, 3.8) is 0 Å². The number of benzene rings is 1. The average molecular weight is 312 g/mol. The summed E-state index contributed by atoms with van der Waals surface area (Å²) in [6.07, 6.45) is 1.59. The van der Waals surface area contributed by atoms with Gasteiger partial charge in [-0.15, -0.1) is 10.2 Å². The van der Waals surface area contributed by atoms with E-state index in [9.17, 15) is 13.6 Å². The first-order valence-corrected chi connectivity index (χ1v) is 7.23. The molecule has 112 valence electrons. The maximum atomic E-state index is 13.4. The van der Waals surface area contributed by atoms with E-state index < -0.39 is 17.5 Å². The summed E-state index contributed by atoms with van der Waals surface area (Å²) in [4.78, 5) is 11.8. The van der Waals surface area contributed by atoms with Crippen molar-refractivity contribution in [3.8, 4) is 0 Å². The van der Waals surface area contributed by atoms with Crippen LogP contribution in [0, 0.1) is 11.6 Å². The van der Waals surface area contributed by atoms with Gasteiger partial charge in [0, 0.05) is 12.1 Å². The van der Waals surface area contributed by atoms with Crippen LogP contribution in [0.25, 0.3) is 0 Å². The summed E-state index contributed by atoms with van der Waals surface area (Å²) in [5, 5.41) is 10.7. The van der Waals surface area contributed by atoms with Gasteiger partial charge in [0.25, 0.3) is 0 Å². The topological polar surface area (TPSA) is 59.8 Å². The fourth-order valence-electron chi connectivity index (χ4n) is 1.60. The fraction of sp³-hybridized carbons (Fsp3) is 0.308. The maximum absolute atomic E-state index is 13.4. The molecule has 1 amide bonds. The van der Waals surface area contributed by atoms with Gasteiger partial charge in [0.15, 0.2) is 5.16 Å². The van der Waals surface area contributed by atoms with Gasteiger partial charge in [-0.3, -0.25) is 4.79 Å². The Balaban J connectivity index is 1.94. The minimum Gasteiger partial charge on any atom is -0.323 e. The first-order valence-electron chi connectivity index (χ1n) is 6.24. The normalized spacial score (nSPS) is 10.9. The number of halogens is 2. The highest BCUT2D eigenvalue weighted by Gasteiger charge is 2.12. The number of carbonyl (C=O) groups is 1. The zero-order valence-corrected chi connectivity index (χ0v) is 12.3. The molecular weight excluding hydrogens is 298 g/mol. The molecule has 8 heteroatoms. The van der Waals surface area contributed by atoms with E-state index in [1.54, 1.807) is 6.33 Å². The number of amides is 1. The summed E-state index contributed by atoms with van der Waals surface area (Å²) in [5.41, 5.74) is -0.0488. The highest BCUT2D eigenvalue weighted by molar-refractivity contribution is 7.99. The second kappa shape index (κ2) is 6.66. The molecule has 0 saturated carbocycles.